The van der Waals surface area contributed by atoms with Gasteiger partial charge in [-0.15, -0.1) is 5.10 Å². The van der Waals surface area contributed by atoms with Gasteiger partial charge in [-0.2, -0.15) is 4.98 Å². The van der Waals surface area contributed by atoms with Crippen LogP contribution in [0.5, 0.6) is 0 Å². The molecule has 38 heavy (non-hydrogen) atoms. The third-order valence-electron chi connectivity index (χ3n) is 6.72. The minimum Gasteiger partial charge on any atom is -0.383 e. The fourth-order valence-electron chi connectivity index (χ4n) is 4.69. The summed E-state index contributed by atoms with van der Waals surface area (Å²) >= 11 is 0. The summed E-state index contributed by atoms with van der Waals surface area (Å²) in [6.07, 6.45) is 0. The fourth-order valence-corrected chi connectivity index (χ4v) is 4.69. The number of hydrogen-bond donors (Lipinski definition) is 1. The summed E-state index contributed by atoms with van der Waals surface area (Å²) < 4.78 is 42.0. The van der Waals surface area contributed by atoms with Gasteiger partial charge in [0.05, 0.1) is 16.8 Å². The topological polar surface area (TPSA) is 76.1 Å². The number of nitrogen functional groups attached to an aromatic ring is 1. The average molecular weight is 516 g/mol. The first-order valence-electron chi connectivity index (χ1n) is 12.2. The molecule has 3 aromatic carbocycles. The molecule has 2 aromatic heterocycles. The van der Waals surface area contributed by atoms with Crippen molar-refractivity contribution in [3.63, 3.8) is 0 Å². The van der Waals surface area contributed by atoms with Crippen LogP contribution in [0.15, 0.2) is 72.8 Å². The van der Waals surface area contributed by atoms with E-state index in [1.807, 2.05) is 0 Å². The molecule has 1 aliphatic rings. The van der Waals surface area contributed by atoms with E-state index in [2.05, 4.69) is 14.9 Å². The lowest BCUT2D eigenvalue weighted by molar-refractivity contribution is 0.248. The van der Waals surface area contributed by atoms with E-state index in [4.69, 9.17) is 15.7 Å². The molecule has 1 fully saturated rings. The van der Waals surface area contributed by atoms with Crippen LogP contribution in [0.25, 0.3) is 28.0 Å². The highest BCUT2D eigenvalue weighted by molar-refractivity contribution is 5.99. The van der Waals surface area contributed by atoms with Gasteiger partial charge in [0.25, 0.3) is 0 Å². The van der Waals surface area contributed by atoms with Crippen LogP contribution in [0.4, 0.5) is 24.9 Å². The van der Waals surface area contributed by atoms with Gasteiger partial charge < -0.3 is 10.6 Å². The molecule has 6 rings (SSSR count). The van der Waals surface area contributed by atoms with Gasteiger partial charge in [-0.25, -0.2) is 22.8 Å². The maximum Gasteiger partial charge on any atom is 0.228 e. The normalized spacial score (nSPS) is 14.3. The van der Waals surface area contributed by atoms with Crippen LogP contribution < -0.4 is 10.6 Å². The van der Waals surface area contributed by atoms with Crippen molar-refractivity contribution in [2.24, 2.45) is 0 Å². The van der Waals surface area contributed by atoms with Crippen LogP contribution in [0, 0.1) is 17.5 Å². The molecule has 7 nitrogen and oxygen atoms in total. The van der Waals surface area contributed by atoms with Gasteiger partial charge in [-0.3, -0.25) is 4.90 Å². The first-order chi connectivity index (χ1) is 18.4. The number of nitrogens with zero attached hydrogens (tertiary/aromatic N) is 6. The van der Waals surface area contributed by atoms with Crippen molar-refractivity contribution in [1.29, 1.82) is 0 Å². The van der Waals surface area contributed by atoms with Crippen molar-refractivity contribution in [3.05, 3.63) is 95.8 Å². The number of anilines is 2. The summed E-state index contributed by atoms with van der Waals surface area (Å²) in [4.78, 5) is 14.0. The molecule has 0 atom stereocenters. The van der Waals surface area contributed by atoms with E-state index < -0.39 is 0 Å². The molecule has 0 bridgehead atoms. The number of halogens is 3. The van der Waals surface area contributed by atoms with Crippen LogP contribution in [0.2, 0.25) is 0 Å². The van der Waals surface area contributed by atoms with Gasteiger partial charge in [-0.05, 0) is 66.2 Å². The number of hydrogen-bond acceptors (Lipinski definition) is 6. The van der Waals surface area contributed by atoms with Crippen LogP contribution in [-0.4, -0.2) is 50.8 Å². The summed E-state index contributed by atoms with van der Waals surface area (Å²) in [5, 5.41) is 5.17. The molecule has 0 aliphatic carbocycles. The maximum absolute atomic E-state index is 13.7. The number of benzene rings is 3. The maximum atomic E-state index is 13.7. The van der Waals surface area contributed by atoms with Gasteiger partial charge in [0.2, 0.25) is 5.95 Å². The Kier molecular flexibility index (Phi) is 6.16. The van der Waals surface area contributed by atoms with Crippen LogP contribution in [0.1, 0.15) is 5.56 Å². The Balaban J connectivity index is 1.34. The Bertz CT molecular complexity index is 1570. The standard InChI is InChI=1S/C28H24F3N7/c29-20-5-1-18(2-6-20)17-36-13-15-37(16-14-36)28-33-25(19-3-7-21(30)8-4-19)24-26(32)38(35-27(24)34-28)23-11-9-22(31)10-12-23/h1-12H,13-17,32H2. The highest BCUT2D eigenvalue weighted by atomic mass is 19.1. The van der Waals surface area contributed by atoms with Crippen molar-refractivity contribution in [2.75, 3.05) is 36.8 Å². The van der Waals surface area contributed by atoms with Gasteiger partial charge >= 0.3 is 0 Å². The van der Waals surface area contributed by atoms with E-state index >= 15 is 0 Å². The monoisotopic (exact) mass is 515 g/mol. The molecule has 1 saturated heterocycles. The smallest absolute Gasteiger partial charge is 0.228 e. The van der Waals surface area contributed by atoms with E-state index in [0.29, 0.717) is 52.8 Å². The van der Waals surface area contributed by atoms with Crippen LogP contribution >= 0.6 is 0 Å². The number of aromatic nitrogens is 4. The van der Waals surface area contributed by atoms with Crippen molar-refractivity contribution in [2.45, 2.75) is 6.54 Å². The second-order valence-corrected chi connectivity index (χ2v) is 9.24. The zero-order chi connectivity index (χ0) is 26.2. The van der Waals surface area contributed by atoms with E-state index in [9.17, 15) is 13.2 Å². The first kappa shape index (κ1) is 23.9. The number of nitrogens with two attached hydrogens (primary N) is 1. The van der Waals surface area contributed by atoms with Crippen molar-refractivity contribution >= 4 is 22.8 Å². The Labute approximate surface area is 217 Å². The lowest BCUT2D eigenvalue weighted by Crippen LogP contribution is -2.46. The number of piperazine rings is 1. The third-order valence-corrected chi connectivity index (χ3v) is 6.72. The Morgan fingerprint density at radius 3 is 1.92 bits per heavy atom. The van der Waals surface area contributed by atoms with Gasteiger partial charge in [0, 0.05) is 38.3 Å². The van der Waals surface area contributed by atoms with E-state index in [0.717, 1.165) is 25.2 Å². The third kappa shape index (κ3) is 4.66. The van der Waals surface area contributed by atoms with Gasteiger partial charge in [0.15, 0.2) is 5.65 Å². The number of fused-ring (bicyclic) bond motifs is 1. The van der Waals surface area contributed by atoms with Gasteiger partial charge in [-0.1, -0.05) is 12.1 Å². The Morgan fingerprint density at radius 2 is 1.29 bits per heavy atom. The largest absolute Gasteiger partial charge is 0.383 e. The van der Waals surface area contributed by atoms with Crippen LogP contribution in [-0.2, 0) is 6.54 Å². The first-order valence-corrected chi connectivity index (χ1v) is 12.2. The van der Waals surface area contributed by atoms with Crippen molar-refractivity contribution in [3.8, 4) is 16.9 Å². The summed E-state index contributed by atoms with van der Waals surface area (Å²) in [6.45, 7) is 3.65. The molecule has 192 valence electrons. The molecule has 5 aromatic rings. The van der Waals surface area contributed by atoms with Gasteiger partial charge in [0.1, 0.15) is 23.3 Å². The molecule has 0 saturated carbocycles. The summed E-state index contributed by atoms with van der Waals surface area (Å²) in [7, 11) is 0. The molecule has 10 heteroatoms. The van der Waals surface area contributed by atoms with E-state index in [-0.39, 0.29) is 17.5 Å². The molecule has 0 unspecified atom stereocenters. The minimum absolute atomic E-state index is 0.245. The van der Waals surface area contributed by atoms with Crippen molar-refractivity contribution < 1.29 is 13.2 Å². The van der Waals surface area contributed by atoms with E-state index in [1.165, 1.54) is 41.1 Å². The molecule has 1 aliphatic heterocycles. The average Bonchev–Trinajstić information content (AvgIpc) is 3.27. The second-order valence-electron chi connectivity index (χ2n) is 9.24. The zero-order valence-corrected chi connectivity index (χ0v) is 20.4. The van der Waals surface area contributed by atoms with Crippen LogP contribution in [0.3, 0.4) is 0 Å². The van der Waals surface area contributed by atoms with E-state index in [1.54, 1.807) is 36.4 Å². The molecule has 0 spiro atoms. The molecule has 3 heterocycles. The Morgan fingerprint density at radius 1 is 0.711 bits per heavy atom. The summed E-state index contributed by atoms with van der Waals surface area (Å²) in [5.74, 6) is -0.155. The number of rotatable bonds is 5. The summed E-state index contributed by atoms with van der Waals surface area (Å²) in [6, 6.07) is 18.4. The summed E-state index contributed by atoms with van der Waals surface area (Å²) in [5.41, 5.74) is 9.78. The predicted molar refractivity (Wildman–Crippen MR) is 140 cm³/mol. The Hall–Kier alpha value is -4.44. The SMILES string of the molecule is Nc1c2c(-c3ccc(F)cc3)nc(N3CCN(Cc4ccc(F)cc4)CC3)nc2nn1-c1ccc(F)cc1. The lowest BCUT2D eigenvalue weighted by Gasteiger charge is -2.34. The van der Waals surface area contributed by atoms with Crippen molar-refractivity contribution in [1.82, 2.24) is 24.6 Å². The molecule has 2 N–H and O–H groups in total. The highest BCUT2D eigenvalue weighted by Gasteiger charge is 2.24. The zero-order valence-electron chi connectivity index (χ0n) is 20.4. The molecular weight excluding hydrogens is 491 g/mol. The molecule has 0 amide bonds. The quantitative estimate of drug-likeness (QED) is 0.362. The molecular formula is C28H24F3N7. The minimum atomic E-state index is -0.364. The lowest BCUT2D eigenvalue weighted by atomic mass is 10.1. The highest BCUT2D eigenvalue weighted by Crippen LogP contribution is 2.33. The fraction of sp³-hybridized carbons (Fsp3) is 0.179. The second kappa shape index (κ2) is 9.79. The predicted octanol–water partition coefficient (Wildman–Crippen LogP) is 4.80. The molecule has 0 radical (unpaired) electrons.